The molecule has 0 spiro atoms. The largest absolute Gasteiger partial charge is 0.783 e. The van der Waals surface area contributed by atoms with Gasteiger partial charge in [0.05, 0.1) is 5.66 Å². The highest BCUT2D eigenvalue weighted by Gasteiger charge is 2.19. The summed E-state index contributed by atoms with van der Waals surface area (Å²) in [5.41, 5.74) is -0.615. The summed E-state index contributed by atoms with van der Waals surface area (Å²) >= 11 is 0. The van der Waals surface area contributed by atoms with Gasteiger partial charge in [-0.25, -0.2) is 0 Å². The highest BCUT2D eigenvalue weighted by Crippen LogP contribution is 2.18. The van der Waals surface area contributed by atoms with Crippen molar-refractivity contribution < 1.29 is 0 Å². The Hall–Kier alpha value is -0.410. The minimum atomic E-state index is -0.615. The third-order valence-corrected chi connectivity index (χ3v) is 1.97. The van der Waals surface area contributed by atoms with Crippen LogP contribution >= 0.6 is 0 Å². The molecular weight excluding hydrogens is 140 g/mol. The van der Waals surface area contributed by atoms with Gasteiger partial charge in [-0.15, -0.1) is 0 Å². The highest BCUT2D eigenvalue weighted by atomic mass is 16.5. The van der Waals surface area contributed by atoms with Crippen LogP contribution < -0.4 is 0 Å². The van der Waals surface area contributed by atoms with Gasteiger partial charge in [0.2, 0.25) is 0 Å². The van der Waals surface area contributed by atoms with Crippen LogP contribution in [0.15, 0.2) is 4.99 Å². The summed E-state index contributed by atoms with van der Waals surface area (Å²) in [5, 5.41) is 12.3. The van der Waals surface area contributed by atoms with Gasteiger partial charge >= 0.3 is 0 Å². The van der Waals surface area contributed by atoms with E-state index in [1.54, 1.807) is 0 Å². The van der Waals surface area contributed by atoms with Gasteiger partial charge in [0.15, 0.2) is 0 Å². The Morgan fingerprint density at radius 3 is 2.36 bits per heavy atom. The first-order valence-electron chi connectivity index (χ1n) is 4.03. The van der Waals surface area contributed by atoms with E-state index in [-0.39, 0.29) is 0 Å². The maximum absolute atomic E-state index is 11.3. The Balaban J connectivity index is 4.11. The van der Waals surface area contributed by atoms with E-state index in [9.17, 15) is 5.21 Å². The molecule has 0 aromatic heterocycles. The summed E-state index contributed by atoms with van der Waals surface area (Å²) in [6, 6.07) is 0. The van der Waals surface area contributed by atoms with Gasteiger partial charge in [-0.2, -0.15) is 0 Å². The molecule has 0 N–H and O–H groups in total. The Bertz CT molecular complexity index is 127. The van der Waals surface area contributed by atoms with E-state index >= 15 is 0 Å². The molecule has 0 aromatic rings. The molecule has 0 heterocycles. The molecule has 0 bridgehead atoms. The molecule has 0 saturated heterocycles. The Kier molecular flexibility index (Phi) is 4.30. The standard InChI is InChI=1S/C8H17N2O/c1-5-7-10(11)8(3,6-2)9-4/h4-7H2,1-3H3/q-1. The monoisotopic (exact) mass is 157 g/mol. The fraction of sp³-hybridized carbons (Fsp3) is 0.875. The number of hydroxylamine groups is 2. The Morgan fingerprint density at radius 2 is 2.09 bits per heavy atom. The van der Waals surface area contributed by atoms with Gasteiger partial charge < -0.3 is 10.3 Å². The molecule has 0 aliphatic carbocycles. The highest BCUT2D eigenvalue weighted by molar-refractivity contribution is 5.25. The van der Waals surface area contributed by atoms with Crippen molar-refractivity contribution in [2.45, 2.75) is 39.3 Å². The maximum Gasteiger partial charge on any atom is 0.0976 e. The van der Waals surface area contributed by atoms with E-state index in [1.807, 2.05) is 20.8 Å². The van der Waals surface area contributed by atoms with Crippen molar-refractivity contribution in [2.24, 2.45) is 4.99 Å². The van der Waals surface area contributed by atoms with Crippen LogP contribution in [-0.2, 0) is 0 Å². The van der Waals surface area contributed by atoms with Crippen LogP contribution in [0.25, 0.3) is 0 Å². The first-order valence-corrected chi connectivity index (χ1v) is 4.03. The van der Waals surface area contributed by atoms with E-state index in [1.165, 1.54) is 0 Å². The molecule has 0 aliphatic heterocycles. The topological polar surface area (TPSA) is 38.7 Å². The zero-order valence-corrected chi connectivity index (χ0v) is 7.63. The van der Waals surface area contributed by atoms with Crippen molar-refractivity contribution in [3.63, 3.8) is 0 Å². The smallest absolute Gasteiger partial charge is 0.0976 e. The second-order valence-electron chi connectivity index (χ2n) is 2.83. The Labute approximate surface area is 68.7 Å². The molecule has 66 valence electrons. The zero-order chi connectivity index (χ0) is 8.91. The van der Waals surface area contributed by atoms with Gasteiger partial charge in [-0.1, -0.05) is 13.8 Å². The summed E-state index contributed by atoms with van der Waals surface area (Å²) in [6.45, 7) is 9.67. The molecule has 0 amide bonds. The minimum Gasteiger partial charge on any atom is -0.783 e. The third kappa shape index (κ3) is 2.60. The average molecular weight is 157 g/mol. The van der Waals surface area contributed by atoms with E-state index in [0.29, 0.717) is 13.0 Å². The summed E-state index contributed by atoms with van der Waals surface area (Å²) in [6.07, 6.45) is 1.56. The Morgan fingerprint density at radius 1 is 1.55 bits per heavy atom. The summed E-state index contributed by atoms with van der Waals surface area (Å²) in [7, 11) is 0. The minimum absolute atomic E-state index is 0.531. The SMILES string of the molecule is C=NC(C)(CC)N([O-])CCC. The van der Waals surface area contributed by atoms with E-state index < -0.39 is 5.66 Å². The predicted octanol–water partition coefficient (Wildman–Crippen LogP) is 2.02. The summed E-state index contributed by atoms with van der Waals surface area (Å²) < 4.78 is 0. The fourth-order valence-corrected chi connectivity index (χ4v) is 0.811. The lowest BCUT2D eigenvalue weighted by atomic mass is 10.1. The van der Waals surface area contributed by atoms with Crippen molar-refractivity contribution in [2.75, 3.05) is 6.54 Å². The molecule has 0 saturated carbocycles. The molecule has 11 heavy (non-hydrogen) atoms. The van der Waals surface area contributed by atoms with Gasteiger partial charge in [0.1, 0.15) is 0 Å². The van der Waals surface area contributed by atoms with Crippen LogP contribution in [-0.4, -0.2) is 24.0 Å². The van der Waals surface area contributed by atoms with Crippen molar-refractivity contribution in [1.29, 1.82) is 0 Å². The zero-order valence-electron chi connectivity index (χ0n) is 7.63. The van der Waals surface area contributed by atoms with Crippen LogP contribution in [0.3, 0.4) is 0 Å². The van der Waals surface area contributed by atoms with Crippen LogP contribution in [0.4, 0.5) is 0 Å². The normalized spacial score (nSPS) is 16.5. The first kappa shape index (κ1) is 10.6. The molecular formula is C8H17N2O-. The van der Waals surface area contributed by atoms with E-state index in [4.69, 9.17) is 0 Å². The summed E-state index contributed by atoms with van der Waals surface area (Å²) in [5.74, 6) is 0. The molecule has 1 unspecified atom stereocenters. The lowest BCUT2D eigenvalue weighted by Crippen LogP contribution is -2.40. The second kappa shape index (κ2) is 4.46. The van der Waals surface area contributed by atoms with Crippen LogP contribution in [0.1, 0.15) is 33.6 Å². The molecule has 0 radical (unpaired) electrons. The third-order valence-electron chi connectivity index (χ3n) is 1.97. The van der Waals surface area contributed by atoms with E-state index in [0.717, 1.165) is 11.5 Å². The predicted molar refractivity (Wildman–Crippen MR) is 48.6 cm³/mol. The van der Waals surface area contributed by atoms with Crippen LogP contribution in [0.2, 0.25) is 0 Å². The number of hydrogen-bond acceptors (Lipinski definition) is 3. The van der Waals surface area contributed by atoms with Crippen molar-refractivity contribution >= 4 is 6.72 Å². The molecule has 1 atom stereocenters. The molecule has 0 aromatic carbocycles. The summed E-state index contributed by atoms with van der Waals surface area (Å²) in [4.78, 5) is 3.82. The number of hydrogen-bond donors (Lipinski definition) is 0. The lowest BCUT2D eigenvalue weighted by molar-refractivity contribution is 0.170. The number of nitrogens with zero attached hydrogens (tertiary/aromatic N) is 2. The number of rotatable bonds is 5. The van der Waals surface area contributed by atoms with Gasteiger partial charge in [-0.05, 0) is 33.0 Å². The van der Waals surface area contributed by atoms with Gasteiger partial charge in [-0.3, -0.25) is 4.99 Å². The average Bonchev–Trinajstić information content (AvgIpc) is 2.03. The van der Waals surface area contributed by atoms with Gasteiger partial charge in [0.25, 0.3) is 0 Å². The molecule has 0 rings (SSSR count). The first-order chi connectivity index (χ1) is 5.10. The fourth-order valence-electron chi connectivity index (χ4n) is 0.811. The molecule has 3 nitrogen and oxygen atoms in total. The van der Waals surface area contributed by atoms with Gasteiger partial charge in [0, 0.05) is 0 Å². The lowest BCUT2D eigenvalue weighted by Gasteiger charge is -2.42. The maximum atomic E-state index is 11.3. The van der Waals surface area contributed by atoms with E-state index in [2.05, 4.69) is 11.7 Å². The van der Waals surface area contributed by atoms with Crippen LogP contribution in [0.5, 0.6) is 0 Å². The van der Waals surface area contributed by atoms with Crippen molar-refractivity contribution in [3.05, 3.63) is 5.21 Å². The van der Waals surface area contributed by atoms with Crippen molar-refractivity contribution in [3.8, 4) is 0 Å². The molecule has 0 aliphatic rings. The molecule has 0 fully saturated rings. The number of aliphatic imine (C=N–C) groups is 1. The second-order valence-corrected chi connectivity index (χ2v) is 2.83. The van der Waals surface area contributed by atoms with Crippen LogP contribution in [0, 0.1) is 5.21 Å². The van der Waals surface area contributed by atoms with Crippen molar-refractivity contribution in [1.82, 2.24) is 5.06 Å². The quantitative estimate of drug-likeness (QED) is 0.452. The molecule has 3 heteroatoms.